The van der Waals surface area contributed by atoms with Gasteiger partial charge in [-0.05, 0) is 43.7 Å². The molecular weight excluding hydrogens is 438 g/mol. The Kier molecular flexibility index (Phi) is 6.27. The Balaban J connectivity index is 1.69. The molecule has 0 saturated carbocycles. The monoisotopic (exact) mass is 461 g/mol. The minimum Gasteiger partial charge on any atom is -0.480 e. The van der Waals surface area contributed by atoms with Crippen molar-refractivity contribution in [3.8, 4) is 0 Å². The van der Waals surface area contributed by atoms with Gasteiger partial charge in [-0.2, -0.15) is 0 Å². The van der Waals surface area contributed by atoms with E-state index in [1.165, 1.54) is 12.1 Å². The topological polar surface area (TPSA) is 136 Å². The van der Waals surface area contributed by atoms with Crippen LogP contribution in [0.15, 0.2) is 46.2 Å². The van der Waals surface area contributed by atoms with Gasteiger partial charge in [0.1, 0.15) is 18.2 Å². The van der Waals surface area contributed by atoms with Gasteiger partial charge in [-0.3, -0.25) is 4.79 Å². The van der Waals surface area contributed by atoms with Crippen molar-refractivity contribution in [2.75, 3.05) is 6.61 Å². The molecule has 0 spiro atoms. The van der Waals surface area contributed by atoms with Gasteiger partial charge in [0.15, 0.2) is 0 Å². The van der Waals surface area contributed by atoms with Gasteiger partial charge in [0.05, 0.1) is 16.2 Å². The van der Waals surface area contributed by atoms with Crippen LogP contribution in [0, 0.1) is 0 Å². The van der Waals surface area contributed by atoms with Gasteiger partial charge in [-0.1, -0.05) is 30.3 Å². The van der Waals surface area contributed by atoms with E-state index in [2.05, 4.69) is 5.32 Å². The molecule has 0 aromatic heterocycles. The summed E-state index contributed by atoms with van der Waals surface area (Å²) in [5.74, 6) is -2.27. The van der Waals surface area contributed by atoms with E-state index in [1.54, 1.807) is 39.0 Å². The molecule has 9 nitrogen and oxygen atoms in total. The molecule has 0 bridgehead atoms. The highest BCUT2D eigenvalue weighted by atomic mass is 32.2. The second-order valence-corrected chi connectivity index (χ2v) is 10.2. The predicted octanol–water partition coefficient (Wildman–Crippen LogP) is 2.88. The van der Waals surface area contributed by atoms with Crippen LogP contribution in [0.5, 0.6) is 0 Å². The zero-order valence-corrected chi connectivity index (χ0v) is 18.6. The minimum absolute atomic E-state index is 0.114. The van der Waals surface area contributed by atoms with Gasteiger partial charge < -0.3 is 19.9 Å². The molecule has 1 amide bonds. The smallest absolute Gasteiger partial charge is 0.408 e. The molecule has 0 aliphatic carbocycles. The largest absolute Gasteiger partial charge is 0.480 e. The number of aliphatic carboxylic acids is 1. The number of benzene rings is 2. The van der Waals surface area contributed by atoms with Crippen molar-refractivity contribution < 1.29 is 37.4 Å². The van der Waals surface area contributed by atoms with Crippen LogP contribution in [0.25, 0.3) is 16.8 Å². The number of sulfone groups is 1. The fourth-order valence-electron chi connectivity index (χ4n) is 3.23. The Morgan fingerprint density at radius 2 is 1.78 bits per heavy atom. The lowest BCUT2D eigenvalue weighted by atomic mass is 10.0. The number of carboxylic acid groups (broad SMARTS) is 1. The summed E-state index contributed by atoms with van der Waals surface area (Å²) in [6, 6.07) is 8.89. The minimum atomic E-state index is -3.85. The van der Waals surface area contributed by atoms with Crippen molar-refractivity contribution in [2.24, 2.45) is 0 Å². The summed E-state index contributed by atoms with van der Waals surface area (Å²) in [5, 5.41) is 12.9. The number of nitrogens with one attached hydrogen (secondary N) is 1. The number of fused-ring (bicyclic) bond motifs is 3. The van der Waals surface area contributed by atoms with Crippen LogP contribution in [0.1, 0.15) is 32.8 Å². The van der Waals surface area contributed by atoms with Crippen molar-refractivity contribution in [1.82, 2.24) is 5.32 Å². The number of hydrogen-bond donors (Lipinski definition) is 2. The van der Waals surface area contributed by atoms with Crippen LogP contribution in [0.4, 0.5) is 4.79 Å². The second-order valence-electron chi connectivity index (χ2n) is 8.21. The number of alkyl carbamates (subject to hydrolysis) is 1. The molecular formula is C22H23NO8S. The van der Waals surface area contributed by atoms with E-state index in [9.17, 15) is 27.9 Å². The quantitative estimate of drug-likeness (QED) is 0.627. The molecule has 1 aliphatic heterocycles. The zero-order chi connectivity index (χ0) is 23.7. The van der Waals surface area contributed by atoms with Crippen LogP contribution in [0.2, 0.25) is 0 Å². The number of rotatable bonds is 6. The molecule has 0 unspecified atom stereocenters. The highest BCUT2D eigenvalue weighted by Crippen LogP contribution is 2.37. The average Bonchev–Trinajstić information content (AvgIpc) is 2.94. The van der Waals surface area contributed by atoms with Crippen LogP contribution >= 0.6 is 0 Å². The zero-order valence-electron chi connectivity index (χ0n) is 17.7. The van der Waals surface area contributed by atoms with Gasteiger partial charge in [0.25, 0.3) is 0 Å². The normalized spacial score (nSPS) is 15.4. The van der Waals surface area contributed by atoms with Crippen molar-refractivity contribution in [3.05, 3.63) is 46.9 Å². The first-order valence-electron chi connectivity index (χ1n) is 9.74. The number of amides is 1. The molecule has 0 saturated heterocycles. The number of hydrogen-bond acceptors (Lipinski definition) is 7. The highest BCUT2D eigenvalue weighted by molar-refractivity contribution is 7.95. The molecule has 10 heteroatoms. The lowest BCUT2D eigenvalue weighted by molar-refractivity contribution is -0.158. The molecule has 1 atom stereocenters. The first-order valence-corrected chi connectivity index (χ1v) is 11.2. The number of esters is 1. The molecule has 1 heterocycles. The third kappa shape index (κ3) is 5.08. The molecule has 0 fully saturated rings. The van der Waals surface area contributed by atoms with E-state index in [4.69, 9.17) is 9.47 Å². The highest BCUT2D eigenvalue weighted by Gasteiger charge is 2.32. The number of carbonyl (C=O) groups is 3. The summed E-state index contributed by atoms with van der Waals surface area (Å²) in [5.41, 5.74) is -0.307. The molecule has 32 heavy (non-hydrogen) atoms. The molecule has 2 aromatic rings. The van der Waals surface area contributed by atoms with E-state index in [1.807, 2.05) is 12.1 Å². The molecule has 1 aliphatic rings. The fourth-order valence-corrected chi connectivity index (χ4v) is 4.70. The Hall–Kier alpha value is -3.40. The Labute approximate surface area is 184 Å². The first kappa shape index (κ1) is 23.3. The number of carbonyl (C=O) groups excluding carboxylic acids is 2. The molecule has 2 aromatic carbocycles. The molecule has 170 valence electrons. The average molecular weight is 461 g/mol. The van der Waals surface area contributed by atoms with Crippen LogP contribution in [0.3, 0.4) is 0 Å². The van der Waals surface area contributed by atoms with Gasteiger partial charge in [0, 0.05) is 5.56 Å². The van der Waals surface area contributed by atoms with E-state index < -0.39 is 52.5 Å². The molecule has 3 rings (SSSR count). The van der Waals surface area contributed by atoms with Crippen LogP contribution < -0.4 is 5.32 Å². The third-order valence-electron chi connectivity index (χ3n) is 4.60. The maximum absolute atomic E-state index is 12.8. The lowest BCUT2D eigenvalue weighted by Crippen LogP contribution is -2.43. The summed E-state index contributed by atoms with van der Waals surface area (Å²) >= 11 is 0. The molecule has 0 radical (unpaired) electrons. The van der Waals surface area contributed by atoms with E-state index in [0.717, 1.165) is 10.8 Å². The first-order chi connectivity index (χ1) is 14.9. The summed E-state index contributed by atoms with van der Waals surface area (Å²) in [6.07, 6.45) is -0.339. The number of carboxylic acids is 1. The van der Waals surface area contributed by atoms with Gasteiger partial charge in [0.2, 0.25) is 9.84 Å². The van der Waals surface area contributed by atoms with E-state index in [-0.39, 0.29) is 9.80 Å². The molecule has 2 N–H and O–H groups in total. The van der Waals surface area contributed by atoms with E-state index in [0.29, 0.717) is 5.56 Å². The Morgan fingerprint density at radius 1 is 1.09 bits per heavy atom. The van der Waals surface area contributed by atoms with Gasteiger partial charge in [-0.15, -0.1) is 0 Å². The predicted molar refractivity (Wildman–Crippen MR) is 115 cm³/mol. The van der Waals surface area contributed by atoms with E-state index >= 15 is 0 Å². The van der Waals surface area contributed by atoms with Gasteiger partial charge in [-0.25, -0.2) is 18.0 Å². The van der Waals surface area contributed by atoms with Gasteiger partial charge >= 0.3 is 18.0 Å². The maximum atomic E-state index is 12.8. The summed E-state index contributed by atoms with van der Waals surface area (Å²) in [6.45, 7) is 4.29. The standard InChI is InChI=1S/C22H23NO8S/c1-22(2,3)31-19(24)11-17(20(25)26)23-21(27)30-12-14-10-16-15-7-5-4-6-13(15)8-9-18(16)32(14,28)29/h4-10,17H,11-12H2,1-3H3,(H,23,27)(H,25,26)/t17-/m0/s1. The summed E-state index contributed by atoms with van der Waals surface area (Å²) in [7, 11) is -3.85. The summed E-state index contributed by atoms with van der Waals surface area (Å²) in [4.78, 5) is 35.4. The second kappa shape index (κ2) is 8.62. The Bertz CT molecular complexity index is 1220. The van der Waals surface area contributed by atoms with Crippen molar-refractivity contribution in [1.29, 1.82) is 0 Å². The number of ether oxygens (including phenoxy) is 2. The third-order valence-corrected chi connectivity index (χ3v) is 6.46. The van der Waals surface area contributed by atoms with Crippen LogP contribution in [-0.2, 0) is 28.9 Å². The van der Waals surface area contributed by atoms with Crippen molar-refractivity contribution >= 4 is 44.7 Å². The fraction of sp³-hybridized carbons (Fsp3) is 0.318. The SMILES string of the molecule is CC(C)(C)OC(=O)C[C@H](NC(=O)OCC1=Cc2c(ccc3ccccc23)S1(=O)=O)C(=O)O. The Morgan fingerprint density at radius 3 is 2.44 bits per heavy atom. The van der Waals surface area contributed by atoms with Crippen molar-refractivity contribution in [3.63, 3.8) is 0 Å². The maximum Gasteiger partial charge on any atom is 0.408 e. The lowest BCUT2D eigenvalue weighted by Gasteiger charge is -2.21. The van der Waals surface area contributed by atoms with Crippen LogP contribution in [-0.4, -0.2) is 49.8 Å². The van der Waals surface area contributed by atoms with Crippen molar-refractivity contribution in [2.45, 2.75) is 43.7 Å². The summed E-state index contributed by atoms with van der Waals surface area (Å²) < 4.78 is 35.6.